The van der Waals surface area contributed by atoms with Gasteiger partial charge < -0.3 is 9.42 Å². The molecular weight excluding hydrogens is 411 g/mol. The Kier molecular flexibility index (Phi) is 4.75. The minimum absolute atomic E-state index is 0.118. The molecule has 0 bridgehead atoms. The molecule has 8 nitrogen and oxygen atoms in total. The third-order valence-electron chi connectivity index (χ3n) is 5.52. The molecule has 0 N–H and O–H groups in total. The van der Waals surface area contributed by atoms with Crippen molar-refractivity contribution in [3.63, 3.8) is 0 Å². The Hall–Kier alpha value is -4.32. The van der Waals surface area contributed by atoms with Gasteiger partial charge in [0.05, 0.1) is 18.2 Å². The molecule has 0 aliphatic carbocycles. The summed E-state index contributed by atoms with van der Waals surface area (Å²) in [5.74, 6) is 0.116. The number of halogens is 1. The predicted molar refractivity (Wildman–Crippen MR) is 111 cm³/mol. The molecule has 0 unspecified atom stereocenters. The Morgan fingerprint density at radius 3 is 2.62 bits per heavy atom. The van der Waals surface area contributed by atoms with E-state index in [-0.39, 0.29) is 17.6 Å². The molecule has 2 aromatic heterocycles. The summed E-state index contributed by atoms with van der Waals surface area (Å²) in [5, 5.41) is 17.5. The Labute approximate surface area is 182 Å². The van der Waals surface area contributed by atoms with Crippen LogP contribution in [0.1, 0.15) is 27.2 Å². The first-order chi connectivity index (χ1) is 15.5. The van der Waals surface area contributed by atoms with E-state index in [1.54, 1.807) is 46.0 Å². The molecule has 0 fully saturated rings. The summed E-state index contributed by atoms with van der Waals surface area (Å²) in [5.41, 5.74) is 4.05. The summed E-state index contributed by atoms with van der Waals surface area (Å²) in [6.07, 6.45) is 0.639. The van der Waals surface area contributed by atoms with Crippen LogP contribution in [0.2, 0.25) is 0 Å². The van der Waals surface area contributed by atoms with E-state index < -0.39 is 0 Å². The Balaban J connectivity index is 1.44. The fourth-order valence-electron chi connectivity index (χ4n) is 3.84. The monoisotopic (exact) mass is 428 g/mol. The zero-order valence-corrected chi connectivity index (χ0v) is 17.1. The van der Waals surface area contributed by atoms with Crippen molar-refractivity contribution in [1.29, 1.82) is 5.26 Å². The molecule has 3 heterocycles. The van der Waals surface area contributed by atoms with Crippen molar-refractivity contribution in [3.8, 4) is 29.0 Å². The molecule has 0 saturated carbocycles. The molecule has 0 spiro atoms. The lowest BCUT2D eigenvalue weighted by atomic mass is 10.0. The molecular formula is C23H17FN6O2. The van der Waals surface area contributed by atoms with Gasteiger partial charge in [-0.15, -0.1) is 0 Å². The molecule has 4 aromatic rings. The number of rotatable bonds is 3. The van der Waals surface area contributed by atoms with Gasteiger partial charge in [-0.05, 0) is 48.5 Å². The average Bonchev–Trinajstić information content (AvgIpc) is 3.44. The van der Waals surface area contributed by atoms with Crippen LogP contribution in [0.5, 0.6) is 0 Å². The van der Waals surface area contributed by atoms with Gasteiger partial charge in [-0.1, -0.05) is 5.16 Å². The van der Waals surface area contributed by atoms with Crippen molar-refractivity contribution in [2.24, 2.45) is 7.05 Å². The van der Waals surface area contributed by atoms with Crippen molar-refractivity contribution >= 4 is 5.91 Å². The Morgan fingerprint density at radius 1 is 1.16 bits per heavy atom. The van der Waals surface area contributed by atoms with Crippen molar-refractivity contribution in [2.45, 2.75) is 13.0 Å². The van der Waals surface area contributed by atoms with Gasteiger partial charge >= 0.3 is 0 Å². The third kappa shape index (κ3) is 3.41. The second-order valence-electron chi connectivity index (χ2n) is 7.49. The summed E-state index contributed by atoms with van der Waals surface area (Å²) < 4.78 is 20.4. The highest BCUT2D eigenvalue weighted by Crippen LogP contribution is 2.30. The summed E-state index contributed by atoms with van der Waals surface area (Å²) >= 11 is 0. The molecule has 0 saturated heterocycles. The van der Waals surface area contributed by atoms with E-state index in [4.69, 9.17) is 9.78 Å². The van der Waals surface area contributed by atoms with Crippen LogP contribution in [0.25, 0.3) is 23.0 Å². The third-order valence-corrected chi connectivity index (χ3v) is 5.52. The van der Waals surface area contributed by atoms with E-state index >= 15 is 0 Å². The number of nitriles is 1. The van der Waals surface area contributed by atoms with Crippen LogP contribution in [0, 0.1) is 17.1 Å². The molecule has 32 heavy (non-hydrogen) atoms. The number of hydrogen-bond acceptors (Lipinski definition) is 6. The topological polar surface area (TPSA) is 101 Å². The van der Waals surface area contributed by atoms with E-state index in [0.29, 0.717) is 47.7 Å². The fraction of sp³-hybridized carbons (Fsp3) is 0.174. The van der Waals surface area contributed by atoms with Crippen molar-refractivity contribution in [1.82, 2.24) is 24.8 Å². The van der Waals surface area contributed by atoms with Crippen LogP contribution in [0.4, 0.5) is 4.39 Å². The molecule has 1 aliphatic rings. The van der Waals surface area contributed by atoms with Gasteiger partial charge in [0.2, 0.25) is 5.82 Å². The van der Waals surface area contributed by atoms with Crippen molar-refractivity contribution in [2.75, 3.05) is 6.54 Å². The first kappa shape index (κ1) is 19.6. The first-order valence-electron chi connectivity index (χ1n) is 9.97. The molecule has 1 aliphatic heterocycles. The van der Waals surface area contributed by atoms with E-state index in [2.05, 4.69) is 21.3 Å². The number of nitrogens with zero attached hydrogens (tertiary/aromatic N) is 6. The summed E-state index contributed by atoms with van der Waals surface area (Å²) in [7, 11) is 1.84. The van der Waals surface area contributed by atoms with Gasteiger partial charge in [0.25, 0.3) is 11.8 Å². The molecule has 9 heteroatoms. The summed E-state index contributed by atoms with van der Waals surface area (Å²) in [6.45, 7) is 0.904. The first-order valence-corrected chi connectivity index (χ1v) is 9.97. The maximum absolute atomic E-state index is 13.2. The quantitative estimate of drug-likeness (QED) is 0.496. The molecule has 0 radical (unpaired) electrons. The van der Waals surface area contributed by atoms with Crippen molar-refractivity contribution < 1.29 is 13.7 Å². The number of fused-ring (bicyclic) bond motifs is 1. The lowest BCUT2D eigenvalue weighted by Crippen LogP contribution is -2.36. The number of benzene rings is 2. The van der Waals surface area contributed by atoms with Crippen LogP contribution in [-0.4, -0.2) is 37.3 Å². The van der Waals surface area contributed by atoms with E-state index in [1.807, 2.05) is 7.05 Å². The molecule has 1 amide bonds. The predicted octanol–water partition coefficient (Wildman–Crippen LogP) is 3.35. The highest BCUT2D eigenvalue weighted by molar-refractivity contribution is 5.94. The van der Waals surface area contributed by atoms with Gasteiger partial charge in [0, 0.05) is 42.4 Å². The molecule has 158 valence electrons. The summed E-state index contributed by atoms with van der Waals surface area (Å²) in [4.78, 5) is 19.2. The highest BCUT2D eigenvalue weighted by atomic mass is 19.1. The van der Waals surface area contributed by atoms with E-state index in [9.17, 15) is 9.18 Å². The van der Waals surface area contributed by atoms with Crippen LogP contribution in [-0.2, 0) is 20.0 Å². The van der Waals surface area contributed by atoms with Crippen molar-refractivity contribution in [3.05, 3.63) is 76.7 Å². The maximum Gasteiger partial charge on any atom is 0.279 e. The smallest absolute Gasteiger partial charge is 0.279 e. The molecule has 0 atom stereocenters. The largest absolute Gasteiger partial charge is 0.334 e. The fourth-order valence-corrected chi connectivity index (χ4v) is 3.84. The zero-order chi connectivity index (χ0) is 22.2. The van der Waals surface area contributed by atoms with Gasteiger partial charge in [-0.3, -0.25) is 9.48 Å². The van der Waals surface area contributed by atoms with Gasteiger partial charge in [-0.2, -0.15) is 15.3 Å². The molecule has 5 rings (SSSR count). The number of hydrogen-bond donors (Lipinski definition) is 0. The van der Waals surface area contributed by atoms with Crippen LogP contribution in [0.3, 0.4) is 0 Å². The number of aromatic nitrogens is 4. The Morgan fingerprint density at radius 2 is 1.91 bits per heavy atom. The molecule has 2 aromatic carbocycles. The van der Waals surface area contributed by atoms with Gasteiger partial charge in [0.1, 0.15) is 5.82 Å². The lowest BCUT2D eigenvalue weighted by molar-refractivity contribution is 0.0733. The lowest BCUT2D eigenvalue weighted by Gasteiger charge is -2.27. The van der Waals surface area contributed by atoms with E-state index in [0.717, 1.165) is 11.3 Å². The Bertz CT molecular complexity index is 1350. The highest BCUT2D eigenvalue weighted by Gasteiger charge is 2.30. The number of aryl methyl sites for hydroxylation is 1. The maximum atomic E-state index is 13.2. The number of carbonyl (C=O) groups is 1. The van der Waals surface area contributed by atoms with E-state index in [1.165, 1.54) is 12.1 Å². The number of amides is 1. The van der Waals surface area contributed by atoms with Crippen LogP contribution < -0.4 is 0 Å². The standard InChI is InChI=1S/C23H17FN6O2/c1-29-19-10-11-30(23(31)16-4-2-14(12-25)3-5-16)13-18(19)20(27-29)22-26-21(28-32-22)15-6-8-17(24)9-7-15/h2-9H,10-11,13H2,1H3. The SMILES string of the molecule is Cn1nc(-c2nc(-c3ccc(F)cc3)no2)c2c1CCN(C(=O)c1ccc(C#N)cc1)C2. The van der Waals surface area contributed by atoms with Gasteiger partial charge in [0.15, 0.2) is 5.69 Å². The second-order valence-corrected chi connectivity index (χ2v) is 7.49. The zero-order valence-electron chi connectivity index (χ0n) is 17.1. The average molecular weight is 428 g/mol. The second kappa shape index (κ2) is 7.74. The van der Waals surface area contributed by atoms with Gasteiger partial charge in [-0.25, -0.2) is 4.39 Å². The summed E-state index contributed by atoms with van der Waals surface area (Å²) in [6, 6.07) is 14.5. The number of carbonyl (C=O) groups excluding carboxylic acids is 1. The minimum atomic E-state index is -0.344. The van der Waals surface area contributed by atoms with Crippen LogP contribution in [0.15, 0.2) is 53.1 Å². The normalized spacial score (nSPS) is 13.0. The minimum Gasteiger partial charge on any atom is -0.334 e. The van der Waals surface area contributed by atoms with Crippen LogP contribution >= 0.6 is 0 Å².